The van der Waals surface area contributed by atoms with Crippen LogP contribution < -0.4 is 10.9 Å². The van der Waals surface area contributed by atoms with Crippen molar-refractivity contribution in [1.29, 1.82) is 0 Å². The molecule has 3 aromatic rings. The summed E-state index contributed by atoms with van der Waals surface area (Å²) in [6.07, 6.45) is 0.351. The van der Waals surface area contributed by atoms with Crippen LogP contribution in [0.25, 0.3) is 10.9 Å². The number of benzene rings is 2. The number of anilines is 1. The van der Waals surface area contributed by atoms with Gasteiger partial charge in [-0.1, -0.05) is 30.0 Å². The number of carbonyl (C=O) groups excluding carboxylic acids is 1. The first-order chi connectivity index (χ1) is 13.0. The predicted molar refractivity (Wildman–Crippen MR) is 112 cm³/mol. The lowest BCUT2D eigenvalue weighted by Crippen LogP contribution is -2.22. The number of nitrogens with zero attached hydrogens (tertiary/aromatic N) is 2. The van der Waals surface area contributed by atoms with E-state index in [0.717, 1.165) is 11.3 Å². The van der Waals surface area contributed by atoms with E-state index in [-0.39, 0.29) is 11.5 Å². The molecule has 0 fully saturated rings. The molecule has 0 aliphatic carbocycles. The second kappa shape index (κ2) is 8.39. The SMILES string of the molecule is CCn1c(SCCC(=O)Nc2ccc(C)c(C)c2)nc2ccccc2c1=O. The molecule has 1 N–H and O–H groups in total. The summed E-state index contributed by atoms with van der Waals surface area (Å²) < 4.78 is 1.66. The van der Waals surface area contributed by atoms with Crippen LogP contribution in [0.15, 0.2) is 52.4 Å². The topological polar surface area (TPSA) is 64.0 Å². The van der Waals surface area contributed by atoms with Crippen LogP contribution in [0, 0.1) is 13.8 Å². The quantitative estimate of drug-likeness (QED) is 0.514. The van der Waals surface area contributed by atoms with Gasteiger partial charge in [0.1, 0.15) is 0 Å². The number of amides is 1. The maximum atomic E-state index is 12.6. The van der Waals surface area contributed by atoms with Gasteiger partial charge in [-0.3, -0.25) is 14.2 Å². The van der Waals surface area contributed by atoms with Crippen LogP contribution in [0.1, 0.15) is 24.5 Å². The third-order valence-corrected chi connectivity index (χ3v) is 5.47. The number of para-hydroxylation sites is 1. The molecule has 0 unspecified atom stereocenters. The van der Waals surface area contributed by atoms with Crippen molar-refractivity contribution in [2.24, 2.45) is 0 Å². The molecule has 6 heteroatoms. The fourth-order valence-electron chi connectivity index (χ4n) is 2.81. The Kier molecular flexibility index (Phi) is 5.96. The first-order valence-electron chi connectivity index (χ1n) is 8.99. The molecular formula is C21H23N3O2S. The van der Waals surface area contributed by atoms with Crippen LogP contribution in [-0.4, -0.2) is 21.2 Å². The molecule has 3 rings (SSSR count). The Balaban J connectivity index is 1.67. The number of rotatable bonds is 6. The van der Waals surface area contributed by atoms with E-state index in [1.807, 2.05) is 57.2 Å². The van der Waals surface area contributed by atoms with Crippen LogP contribution in [-0.2, 0) is 11.3 Å². The van der Waals surface area contributed by atoms with Gasteiger partial charge < -0.3 is 5.32 Å². The Bertz CT molecular complexity index is 1040. The van der Waals surface area contributed by atoms with Gasteiger partial charge in [0.25, 0.3) is 5.56 Å². The Morgan fingerprint density at radius 3 is 2.67 bits per heavy atom. The summed E-state index contributed by atoms with van der Waals surface area (Å²) in [5.74, 6) is 0.512. The van der Waals surface area contributed by atoms with Gasteiger partial charge in [0, 0.05) is 24.4 Å². The summed E-state index contributed by atoms with van der Waals surface area (Å²) in [6, 6.07) is 13.2. The highest BCUT2D eigenvalue weighted by Gasteiger charge is 2.11. The van der Waals surface area contributed by atoms with Crippen molar-refractivity contribution < 1.29 is 4.79 Å². The van der Waals surface area contributed by atoms with Crippen LogP contribution in [0.4, 0.5) is 5.69 Å². The van der Waals surface area contributed by atoms with Crippen LogP contribution >= 0.6 is 11.8 Å². The molecule has 140 valence electrons. The Morgan fingerprint density at radius 2 is 1.93 bits per heavy atom. The fraction of sp³-hybridized carbons (Fsp3) is 0.286. The summed E-state index contributed by atoms with van der Waals surface area (Å²) in [4.78, 5) is 29.4. The summed E-state index contributed by atoms with van der Waals surface area (Å²) in [6.45, 7) is 6.54. The van der Waals surface area contributed by atoms with E-state index >= 15 is 0 Å². The van der Waals surface area contributed by atoms with E-state index in [2.05, 4.69) is 10.3 Å². The average Bonchev–Trinajstić information content (AvgIpc) is 2.65. The van der Waals surface area contributed by atoms with Gasteiger partial charge in [-0.15, -0.1) is 0 Å². The van der Waals surface area contributed by atoms with Gasteiger partial charge in [0.05, 0.1) is 10.9 Å². The van der Waals surface area contributed by atoms with E-state index < -0.39 is 0 Å². The van der Waals surface area contributed by atoms with E-state index in [0.29, 0.717) is 34.8 Å². The molecule has 5 nitrogen and oxygen atoms in total. The van der Waals surface area contributed by atoms with Gasteiger partial charge in [-0.05, 0) is 56.2 Å². The molecule has 2 aromatic carbocycles. The molecule has 1 aromatic heterocycles. The van der Waals surface area contributed by atoms with Crippen LogP contribution in [0.5, 0.6) is 0 Å². The zero-order valence-electron chi connectivity index (χ0n) is 15.8. The van der Waals surface area contributed by atoms with Gasteiger partial charge in [-0.25, -0.2) is 4.98 Å². The van der Waals surface area contributed by atoms with Crippen molar-refractivity contribution >= 4 is 34.3 Å². The number of aryl methyl sites for hydroxylation is 2. The lowest BCUT2D eigenvalue weighted by atomic mass is 10.1. The molecule has 0 spiro atoms. The molecule has 1 amide bonds. The van der Waals surface area contributed by atoms with E-state index in [4.69, 9.17) is 0 Å². The maximum absolute atomic E-state index is 12.6. The van der Waals surface area contributed by atoms with Gasteiger partial charge in [0.15, 0.2) is 5.16 Å². The van der Waals surface area contributed by atoms with E-state index in [1.165, 1.54) is 17.3 Å². The largest absolute Gasteiger partial charge is 0.326 e. The minimum atomic E-state index is -0.0445. The number of hydrogen-bond donors (Lipinski definition) is 1. The van der Waals surface area contributed by atoms with E-state index in [1.54, 1.807) is 10.6 Å². The summed E-state index contributed by atoms with van der Waals surface area (Å²) in [5.41, 5.74) is 3.81. The molecule has 1 heterocycles. The molecule has 0 aliphatic heterocycles. The van der Waals surface area contributed by atoms with Crippen molar-refractivity contribution in [3.63, 3.8) is 0 Å². The lowest BCUT2D eigenvalue weighted by molar-refractivity contribution is -0.115. The Labute approximate surface area is 162 Å². The highest BCUT2D eigenvalue weighted by Crippen LogP contribution is 2.19. The normalized spacial score (nSPS) is 10.9. The molecule has 0 saturated heterocycles. The molecular weight excluding hydrogens is 358 g/mol. The first-order valence-corrected chi connectivity index (χ1v) is 9.97. The third-order valence-electron chi connectivity index (χ3n) is 4.49. The highest BCUT2D eigenvalue weighted by molar-refractivity contribution is 7.99. The minimum absolute atomic E-state index is 0.0369. The maximum Gasteiger partial charge on any atom is 0.262 e. The molecule has 0 radical (unpaired) electrons. The zero-order valence-corrected chi connectivity index (χ0v) is 16.6. The fourth-order valence-corrected chi connectivity index (χ4v) is 3.82. The number of thioether (sulfide) groups is 1. The number of aromatic nitrogens is 2. The molecule has 0 aliphatic rings. The second-order valence-corrected chi connectivity index (χ2v) is 7.47. The van der Waals surface area contributed by atoms with E-state index in [9.17, 15) is 9.59 Å². The molecule has 0 saturated carbocycles. The van der Waals surface area contributed by atoms with Gasteiger partial charge in [-0.2, -0.15) is 0 Å². The lowest BCUT2D eigenvalue weighted by Gasteiger charge is -2.11. The second-order valence-electron chi connectivity index (χ2n) is 6.41. The Morgan fingerprint density at radius 1 is 1.15 bits per heavy atom. The Hall–Kier alpha value is -2.60. The van der Waals surface area contributed by atoms with Crippen molar-refractivity contribution in [2.75, 3.05) is 11.1 Å². The number of nitrogens with one attached hydrogen (secondary N) is 1. The molecule has 0 atom stereocenters. The average molecular weight is 382 g/mol. The first kappa shape index (κ1) is 19.2. The standard InChI is InChI=1S/C21H23N3O2S/c1-4-24-20(26)17-7-5-6-8-18(17)23-21(24)27-12-11-19(25)22-16-10-9-14(2)15(3)13-16/h5-10,13H,4,11-12H2,1-3H3,(H,22,25). The highest BCUT2D eigenvalue weighted by atomic mass is 32.2. The monoisotopic (exact) mass is 381 g/mol. The summed E-state index contributed by atoms with van der Waals surface area (Å²) in [5, 5.41) is 4.20. The third kappa shape index (κ3) is 4.39. The summed E-state index contributed by atoms with van der Waals surface area (Å²) >= 11 is 1.44. The summed E-state index contributed by atoms with van der Waals surface area (Å²) in [7, 11) is 0. The molecule has 27 heavy (non-hydrogen) atoms. The number of fused-ring (bicyclic) bond motifs is 1. The number of hydrogen-bond acceptors (Lipinski definition) is 4. The predicted octanol–water partition coefficient (Wildman–Crippen LogP) is 4.15. The number of carbonyl (C=O) groups is 1. The van der Waals surface area contributed by atoms with Crippen LogP contribution in [0.3, 0.4) is 0 Å². The van der Waals surface area contributed by atoms with Crippen LogP contribution in [0.2, 0.25) is 0 Å². The molecule has 0 bridgehead atoms. The van der Waals surface area contributed by atoms with Gasteiger partial charge in [0.2, 0.25) is 5.91 Å². The van der Waals surface area contributed by atoms with Crippen molar-refractivity contribution in [1.82, 2.24) is 9.55 Å². The smallest absolute Gasteiger partial charge is 0.262 e. The van der Waals surface area contributed by atoms with Gasteiger partial charge >= 0.3 is 0 Å². The van der Waals surface area contributed by atoms with Crippen molar-refractivity contribution in [2.45, 2.75) is 38.9 Å². The zero-order chi connectivity index (χ0) is 19.4. The van der Waals surface area contributed by atoms with Crippen molar-refractivity contribution in [3.05, 3.63) is 63.9 Å². The minimum Gasteiger partial charge on any atom is -0.326 e. The van der Waals surface area contributed by atoms with Crippen molar-refractivity contribution in [3.8, 4) is 0 Å².